The van der Waals surface area contributed by atoms with Crippen LogP contribution >= 0.6 is 0 Å². The Morgan fingerprint density at radius 1 is 0.750 bits per heavy atom. The first-order chi connectivity index (χ1) is 9.18. The maximum absolute atomic E-state index is 4.62. The van der Waals surface area contributed by atoms with Gasteiger partial charge in [-0.15, -0.1) is 0 Å². The minimum Gasteiger partial charge on any atom is -0.260 e. The van der Waals surface area contributed by atoms with Gasteiger partial charge in [0.15, 0.2) is 0 Å². The van der Waals surface area contributed by atoms with Crippen molar-refractivity contribution in [3.8, 4) is 11.1 Å². The van der Waals surface area contributed by atoms with Crippen LogP contribution in [0, 0.1) is 0 Å². The zero-order valence-electron chi connectivity index (χ0n) is 13.5. The molecule has 0 radical (unpaired) electrons. The monoisotopic (exact) mass is 267 g/mol. The molecule has 1 heteroatoms. The van der Waals surface area contributed by atoms with Crippen LogP contribution in [0.15, 0.2) is 42.6 Å². The number of hydrogen-bond acceptors (Lipinski definition) is 1. The molecular formula is C19H25N. The lowest BCUT2D eigenvalue weighted by Crippen LogP contribution is -2.13. The van der Waals surface area contributed by atoms with Crippen molar-refractivity contribution < 1.29 is 0 Å². The SMILES string of the molecule is CC(C)(C)c1cccc(-c2ccc(C(C)(C)C)nc2)c1. The topological polar surface area (TPSA) is 12.9 Å². The minimum atomic E-state index is 0.103. The summed E-state index contributed by atoms with van der Waals surface area (Å²) in [6, 6.07) is 13.1. The Hall–Kier alpha value is -1.63. The summed E-state index contributed by atoms with van der Waals surface area (Å²) in [5, 5.41) is 0. The first kappa shape index (κ1) is 14.8. The van der Waals surface area contributed by atoms with Crippen LogP contribution in [0.3, 0.4) is 0 Å². The molecule has 1 nitrogen and oxygen atoms in total. The van der Waals surface area contributed by atoms with Crippen molar-refractivity contribution in [2.24, 2.45) is 0 Å². The second kappa shape index (κ2) is 5.05. The molecule has 0 unspecified atom stereocenters. The van der Waals surface area contributed by atoms with Crippen LogP contribution in [0.1, 0.15) is 52.8 Å². The molecule has 0 aliphatic heterocycles. The molecule has 0 amide bonds. The van der Waals surface area contributed by atoms with Gasteiger partial charge in [-0.25, -0.2) is 0 Å². The van der Waals surface area contributed by atoms with E-state index in [1.165, 1.54) is 16.7 Å². The van der Waals surface area contributed by atoms with Gasteiger partial charge < -0.3 is 0 Å². The number of rotatable bonds is 1. The molecule has 2 aromatic rings. The average molecular weight is 267 g/mol. The van der Waals surface area contributed by atoms with Gasteiger partial charge in [0.25, 0.3) is 0 Å². The highest BCUT2D eigenvalue weighted by atomic mass is 14.7. The molecule has 1 aromatic heterocycles. The van der Waals surface area contributed by atoms with Crippen molar-refractivity contribution in [2.75, 3.05) is 0 Å². The van der Waals surface area contributed by atoms with E-state index >= 15 is 0 Å². The smallest absolute Gasteiger partial charge is 0.0457 e. The van der Waals surface area contributed by atoms with Gasteiger partial charge in [-0.1, -0.05) is 71.9 Å². The van der Waals surface area contributed by atoms with Gasteiger partial charge in [0.2, 0.25) is 0 Å². The lowest BCUT2D eigenvalue weighted by molar-refractivity contribution is 0.569. The molecule has 106 valence electrons. The molecule has 0 spiro atoms. The summed E-state index contributed by atoms with van der Waals surface area (Å²) >= 11 is 0. The lowest BCUT2D eigenvalue weighted by atomic mass is 9.85. The van der Waals surface area contributed by atoms with Crippen molar-refractivity contribution in [1.82, 2.24) is 4.98 Å². The van der Waals surface area contributed by atoms with Crippen molar-refractivity contribution in [3.63, 3.8) is 0 Å². The lowest BCUT2D eigenvalue weighted by Gasteiger charge is -2.20. The third-order valence-corrected chi connectivity index (χ3v) is 3.59. The first-order valence-corrected chi connectivity index (χ1v) is 7.25. The molecule has 0 saturated heterocycles. The van der Waals surface area contributed by atoms with E-state index < -0.39 is 0 Å². The number of pyridine rings is 1. The van der Waals surface area contributed by atoms with Crippen LogP contribution in [0.25, 0.3) is 11.1 Å². The van der Waals surface area contributed by atoms with Gasteiger partial charge in [0, 0.05) is 22.9 Å². The van der Waals surface area contributed by atoms with Crippen molar-refractivity contribution in [3.05, 3.63) is 53.9 Å². The Balaban J connectivity index is 2.38. The number of hydrogen-bond donors (Lipinski definition) is 0. The molecule has 20 heavy (non-hydrogen) atoms. The standard InChI is InChI=1S/C19H25N/c1-18(2,3)16-9-7-8-14(12-16)15-10-11-17(20-13-15)19(4,5)6/h7-13H,1-6H3. The minimum absolute atomic E-state index is 0.103. The number of benzene rings is 1. The van der Waals surface area contributed by atoms with E-state index in [2.05, 4.69) is 82.9 Å². The third kappa shape index (κ3) is 3.27. The maximum Gasteiger partial charge on any atom is 0.0457 e. The summed E-state index contributed by atoms with van der Waals surface area (Å²) in [5.74, 6) is 0. The molecule has 1 heterocycles. The highest BCUT2D eigenvalue weighted by Crippen LogP contribution is 2.28. The molecule has 0 fully saturated rings. The Bertz CT molecular complexity index is 580. The number of nitrogens with zero attached hydrogens (tertiary/aromatic N) is 1. The van der Waals surface area contributed by atoms with E-state index in [4.69, 9.17) is 0 Å². The normalized spacial score (nSPS) is 12.5. The Labute approximate surface area is 123 Å². The number of aromatic nitrogens is 1. The predicted octanol–water partition coefficient (Wildman–Crippen LogP) is 5.34. The van der Waals surface area contributed by atoms with E-state index in [-0.39, 0.29) is 10.8 Å². The summed E-state index contributed by atoms with van der Waals surface area (Å²) in [6.45, 7) is 13.3. The van der Waals surface area contributed by atoms with Gasteiger partial charge in [-0.05, 0) is 22.6 Å². The van der Waals surface area contributed by atoms with E-state index in [9.17, 15) is 0 Å². The van der Waals surface area contributed by atoms with Crippen molar-refractivity contribution in [2.45, 2.75) is 52.4 Å². The van der Waals surface area contributed by atoms with Gasteiger partial charge in [0.1, 0.15) is 0 Å². The summed E-state index contributed by atoms with van der Waals surface area (Å²) in [6.07, 6.45) is 1.99. The molecule has 0 aliphatic rings. The van der Waals surface area contributed by atoms with E-state index in [0.717, 1.165) is 5.69 Å². The van der Waals surface area contributed by atoms with Gasteiger partial charge in [0.05, 0.1) is 0 Å². The van der Waals surface area contributed by atoms with Gasteiger partial charge in [-0.2, -0.15) is 0 Å². The Morgan fingerprint density at radius 2 is 1.45 bits per heavy atom. The summed E-state index contributed by atoms with van der Waals surface area (Å²) in [4.78, 5) is 4.62. The molecule has 0 N–H and O–H groups in total. The zero-order chi connectivity index (χ0) is 15.0. The molecule has 1 aromatic carbocycles. The largest absolute Gasteiger partial charge is 0.260 e. The zero-order valence-corrected chi connectivity index (χ0v) is 13.5. The molecule has 0 saturated carbocycles. The van der Waals surface area contributed by atoms with Gasteiger partial charge in [-0.3, -0.25) is 4.98 Å². The predicted molar refractivity (Wildman–Crippen MR) is 87.1 cm³/mol. The fourth-order valence-electron chi connectivity index (χ4n) is 2.17. The third-order valence-electron chi connectivity index (χ3n) is 3.59. The highest BCUT2D eigenvalue weighted by Gasteiger charge is 2.16. The van der Waals surface area contributed by atoms with Crippen LogP contribution in [0.4, 0.5) is 0 Å². The van der Waals surface area contributed by atoms with Gasteiger partial charge >= 0.3 is 0 Å². The van der Waals surface area contributed by atoms with E-state index in [1.807, 2.05) is 6.20 Å². The molecule has 0 atom stereocenters. The summed E-state index contributed by atoms with van der Waals surface area (Å²) < 4.78 is 0. The molecule has 0 aliphatic carbocycles. The van der Waals surface area contributed by atoms with Crippen molar-refractivity contribution in [1.29, 1.82) is 0 Å². The average Bonchev–Trinajstić information content (AvgIpc) is 2.37. The van der Waals surface area contributed by atoms with Crippen LogP contribution in [0.2, 0.25) is 0 Å². The fourth-order valence-corrected chi connectivity index (χ4v) is 2.17. The van der Waals surface area contributed by atoms with Crippen LogP contribution < -0.4 is 0 Å². The maximum atomic E-state index is 4.62. The van der Waals surface area contributed by atoms with Crippen molar-refractivity contribution >= 4 is 0 Å². The summed E-state index contributed by atoms with van der Waals surface area (Å²) in [7, 11) is 0. The van der Waals surface area contributed by atoms with Crippen LogP contribution in [0.5, 0.6) is 0 Å². The van der Waals surface area contributed by atoms with Crippen LogP contribution in [-0.2, 0) is 10.8 Å². The van der Waals surface area contributed by atoms with Crippen LogP contribution in [-0.4, -0.2) is 4.98 Å². The molecule has 0 bridgehead atoms. The summed E-state index contributed by atoms with van der Waals surface area (Å²) in [5.41, 5.74) is 5.19. The van der Waals surface area contributed by atoms with E-state index in [1.54, 1.807) is 0 Å². The highest BCUT2D eigenvalue weighted by molar-refractivity contribution is 5.63. The van der Waals surface area contributed by atoms with E-state index in [0.29, 0.717) is 0 Å². The Kier molecular flexibility index (Phi) is 3.73. The second-order valence-corrected chi connectivity index (χ2v) is 7.51. The Morgan fingerprint density at radius 3 is 1.95 bits per heavy atom. The molecular weight excluding hydrogens is 242 g/mol. The fraction of sp³-hybridized carbons (Fsp3) is 0.421. The quantitative estimate of drug-likeness (QED) is 0.679. The first-order valence-electron chi connectivity index (χ1n) is 7.25. The molecule has 2 rings (SSSR count). The second-order valence-electron chi connectivity index (χ2n) is 7.51.